The minimum absolute atomic E-state index is 0.00568. The van der Waals surface area contributed by atoms with Crippen molar-refractivity contribution in [1.29, 1.82) is 0 Å². The summed E-state index contributed by atoms with van der Waals surface area (Å²) in [5, 5.41) is 0. The van der Waals surface area contributed by atoms with Gasteiger partial charge in [-0.1, -0.05) is 67.9 Å². The quantitative estimate of drug-likeness (QED) is 0.243. The maximum Gasteiger partial charge on any atom is 0.326 e. The summed E-state index contributed by atoms with van der Waals surface area (Å²) in [5.74, 6) is -2.12. The lowest BCUT2D eigenvalue weighted by Gasteiger charge is -2.30. The third-order valence-electron chi connectivity index (χ3n) is 6.01. The van der Waals surface area contributed by atoms with Gasteiger partial charge in [0.15, 0.2) is 11.5 Å². The van der Waals surface area contributed by atoms with Gasteiger partial charge in [0.2, 0.25) is 0 Å². The summed E-state index contributed by atoms with van der Waals surface area (Å²) in [5.41, 5.74) is 4.94. The molecule has 3 atom stereocenters. The third-order valence-corrected chi connectivity index (χ3v) is 6.01. The molecule has 226 valence electrons. The number of carbonyl (C=O) groups is 4. The van der Waals surface area contributed by atoms with E-state index in [2.05, 4.69) is 0 Å². The third kappa shape index (κ3) is 12.5. The molecule has 1 aromatic rings. The maximum absolute atomic E-state index is 12.8. The molecule has 2 unspecified atom stereocenters. The largest absolute Gasteiger partial charge is 0.468 e. The molecule has 9 nitrogen and oxygen atoms in total. The van der Waals surface area contributed by atoms with Gasteiger partial charge < -0.3 is 24.7 Å². The molecule has 2 N–H and O–H groups in total. The van der Waals surface area contributed by atoms with E-state index in [4.69, 9.17) is 24.7 Å². The SMILES string of the molecule is CCCC(C)C(=O)OC(C)C[C@@](N)(Cc1ccc(OC(=O)CC(C)(C)C)c(OC(=O)CC(C)(C)C)c1)C(=O)OC. The van der Waals surface area contributed by atoms with Crippen molar-refractivity contribution in [3.63, 3.8) is 0 Å². The van der Waals surface area contributed by atoms with E-state index in [9.17, 15) is 19.2 Å². The summed E-state index contributed by atoms with van der Waals surface area (Å²) in [4.78, 5) is 50.5. The topological polar surface area (TPSA) is 131 Å². The summed E-state index contributed by atoms with van der Waals surface area (Å²) >= 11 is 0. The van der Waals surface area contributed by atoms with Crippen molar-refractivity contribution >= 4 is 23.9 Å². The van der Waals surface area contributed by atoms with Crippen LogP contribution in [0.3, 0.4) is 0 Å². The van der Waals surface area contributed by atoms with Crippen LogP contribution in [-0.2, 0) is 35.1 Å². The molecule has 0 fully saturated rings. The minimum atomic E-state index is -1.54. The van der Waals surface area contributed by atoms with E-state index in [1.807, 2.05) is 48.5 Å². The van der Waals surface area contributed by atoms with Crippen LogP contribution in [0.2, 0.25) is 0 Å². The fourth-order valence-corrected chi connectivity index (χ4v) is 4.23. The van der Waals surface area contributed by atoms with Crippen LogP contribution in [0.1, 0.15) is 100.0 Å². The molecule has 1 aromatic carbocycles. The van der Waals surface area contributed by atoms with Crippen LogP contribution < -0.4 is 15.2 Å². The van der Waals surface area contributed by atoms with Crippen LogP contribution in [-0.4, -0.2) is 42.6 Å². The molecule has 0 heterocycles. The van der Waals surface area contributed by atoms with Crippen molar-refractivity contribution < 1.29 is 38.1 Å². The molecular formula is C31H49NO8. The Morgan fingerprint density at radius 3 is 1.88 bits per heavy atom. The van der Waals surface area contributed by atoms with Gasteiger partial charge in [0.05, 0.1) is 25.9 Å². The summed E-state index contributed by atoms with van der Waals surface area (Å²) in [6.07, 6.45) is 1.17. The number of carbonyl (C=O) groups excluding carboxylic acids is 4. The highest BCUT2D eigenvalue weighted by Crippen LogP contribution is 2.33. The summed E-state index contributed by atoms with van der Waals surface area (Å²) in [7, 11) is 1.24. The molecule has 9 heteroatoms. The van der Waals surface area contributed by atoms with E-state index in [1.165, 1.54) is 19.2 Å². The molecule has 1 rings (SSSR count). The first-order chi connectivity index (χ1) is 18.3. The van der Waals surface area contributed by atoms with Crippen LogP contribution >= 0.6 is 0 Å². The lowest BCUT2D eigenvalue weighted by Crippen LogP contribution is -2.53. The molecule has 0 aliphatic heterocycles. The highest BCUT2D eigenvalue weighted by molar-refractivity contribution is 5.81. The van der Waals surface area contributed by atoms with E-state index >= 15 is 0 Å². The van der Waals surface area contributed by atoms with Gasteiger partial charge in [0.1, 0.15) is 11.6 Å². The molecule has 0 bridgehead atoms. The van der Waals surface area contributed by atoms with Crippen LogP contribution in [0.5, 0.6) is 11.5 Å². The van der Waals surface area contributed by atoms with Gasteiger partial charge in [-0.25, -0.2) is 0 Å². The molecule has 0 amide bonds. The molecule has 0 aromatic heterocycles. The molecule has 0 spiro atoms. The van der Waals surface area contributed by atoms with E-state index in [1.54, 1.807) is 19.9 Å². The predicted molar refractivity (Wildman–Crippen MR) is 153 cm³/mol. The van der Waals surface area contributed by atoms with Crippen LogP contribution in [0.4, 0.5) is 0 Å². The smallest absolute Gasteiger partial charge is 0.326 e. The van der Waals surface area contributed by atoms with Crippen LogP contribution in [0.15, 0.2) is 18.2 Å². The molecule has 40 heavy (non-hydrogen) atoms. The molecule has 0 saturated heterocycles. The van der Waals surface area contributed by atoms with E-state index in [-0.39, 0.29) is 59.9 Å². The van der Waals surface area contributed by atoms with E-state index < -0.39 is 29.6 Å². The van der Waals surface area contributed by atoms with Gasteiger partial charge in [-0.15, -0.1) is 0 Å². The van der Waals surface area contributed by atoms with Crippen molar-refractivity contribution in [2.45, 2.75) is 112 Å². The lowest BCUT2D eigenvalue weighted by molar-refractivity contribution is -0.157. The van der Waals surface area contributed by atoms with Gasteiger partial charge >= 0.3 is 23.9 Å². The van der Waals surface area contributed by atoms with Crippen molar-refractivity contribution in [3.05, 3.63) is 23.8 Å². The van der Waals surface area contributed by atoms with Crippen molar-refractivity contribution in [2.75, 3.05) is 7.11 Å². The zero-order chi connectivity index (χ0) is 30.9. The van der Waals surface area contributed by atoms with Gasteiger partial charge in [0, 0.05) is 12.8 Å². The highest BCUT2D eigenvalue weighted by atomic mass is 16.6. The fraction of sp³-hybridized carbons (Fsp3) is 0.677. The number of esters is 4. The maximum atomic E-state index is 12.8. The van der Waals surface area contributed by atoms with Gasteiger partial charge in [-0.3, -0.25) is 19.2 Å². The zero-order valence-corrected chi connectivity index (χ0v) is 26.0. The molecule has 0 aliphatic carbocycles. The van der Waals surface area contributed by atoms with E-state index in [0.29, 0.717) is 12.0 Å². The zero-order valence-electron chi connectivity index (χ0n) is 26.0. The Bertz CT molecular complexity index is 1040. The Morgan fingerprint density at radius 1 is 0.875 bits per heavy atom. The van der Waals surface area contributed by atoms with Crippen LogP contribution in [0, 0.1) is 16.7 Å². The van der Waals surface area contributed by atoms with Gasteiger partial charge in [0.25, 0.3) is 0 Å². The van der Waals surface area contributed by atoms with Crippen LogP contribution in [0.25, 0.3) is 0 Å². The Labute approximate surface area is 239 Å². The molecular weight excluding hydrogens is 514 g/mol. The number of methoxy groups -OCH3 is 1. The lowest BCUT2D eigenvalue weighted by atomic mass is 9.86. The standard InChI is InChI=1S/C31H49NO8/c1-11-12-20(2)27(35)38-21(3)16-31(32,28(36)37-10)17-22-13-14-23(39-25(33)18-29(4,5)6)24(15-22)40-26(34)19-30(7,8)9/h13-15,20-21H,11-12,16-19,32H2,1-10H3/t20?,21?,31-/m1/s1. The van der Waals surface area contributed by atoms with E-state index in [0.717, 1.165) is 6.42 Å². The number of nitrogens with two attached hydrogens (primary N) is 1. The average Bonchev–Trinajstić information content (AvgIpc) is 2.77. The second-order valence-corrected chi connectivity index (χ2v) is 13.2. The molecule has 0 saturated carbocycles. The minimum Gasteiger partial charge on any atom is -0.468 e. The highest BCUT2D eigenvalue weighted by Gasteiger charge is 2.38. The second-order valence-electron chi connectivity index (χ2n) is 13.2. The Balaban J connectivity index is 3.30. The Morgan fingerprint density at radius 2 is 1.40 bits per heavy atom. The number of hydrogen-bond donors (Lipinski definition) is 1. The predicted octanol–water partition coefficient (Wildman–Crippen LogP) is 5.54. The molecule has 0 aliphatic rings. The Kier molecular flexibility index (Phi) is 12.8. The molecule has 0 radical (unpaired) electrons. The normalized spacial score (nSPS) is 14.9. The van der Waals surface area contributed by atoms with Crippen molar-refractivity contribution in [3.8, 4) is 11.5 Å². The second kappa shape index (κ2) is 14.6. The summed E-state index contributed by atoms with van der Waals surface area (Å²) in [6, 6.07) is 4.69. The summed E-state index contributed by atoms with van der Waals surface area (Å²) in [6.45, 7) is 16.9. The number of rotatable bonds is 13. The van der Waals surface area contributed by atoms with Gasteiger partial charge in [-0.05, 0) is 41.9 Å². The average molecular weight is 564 g/mol. The Hall–Kier alpha value is -2.94. The van der Waals surface area contributed by atoms with Crippen molar-refractivity contribution in [1.82, 2.24) is 0 Å². The monoisotopic (exact) mass is 563 g/mol. The first-order valence-corrected chi connectivity index (χ1v) is 13.9. The van der Waals surface area contributed by atoms with Gasteiger partial charge in [-0.2, -0.15) is 0 Å². The summed E-state index contributed by atoms with van der Waals surface area (Å²) < 4.78 is 21.8. The first-order valence-electron chi connectivity index (χ1n) is 13.9. The van der Waals surface area contributed by atoms with Crippen molar-refractivity contribution in [2.24, 2.45) is 22.5 Å². The number of hydrogen-bond acceptors (Lipinski definition) is 9. The first kappa shape index (κ1) is 35.1. The number of ether oxygens (including phenoxy) is 4. The fourth-order valence-electron chi connectivity index (χ4n) is 4.23. The number of benzene rings is 1.